The van der Waals surface area contributed by atoms with Gasteiger partial charge in [0, 0.05) is 0 Å². The molecule has 0 aromatic heterocycles. The molecule has 3 aromatic rings. The zero-order chi connectivity index (χ0) is 23.5. The van der Waals surface area contributed by atoms with E-state index in [9.17, 15) is 23.6 Å². The number of nitrogens with zero attached hydrogens (tertiary/aromatic N) is 1. The standard InChI is InChI=1S/C25H19FN2O5/c1-15(22(29)27-21-12-5-4-11-20(21)26)33-25(32)17-8-6-7-16(13-17)14-28-23(30)18-9-2-3-10-19(18)24(28)31/h2-13,15H,14H2,1H3,(H,27,29)/t15-/m1/s1. The highest BCUT2D eigenvalue weighted by molar-refractivity contribution is 6.21. The quantitative estimate of drug-likeness (QED) is 0.459. The first-order valence-corrected chi connectivity index (χ1v) is 10.2. The van der Waals surface area contributed by atoms with Crippen molar-refractivity contribution < 1.29 is 28.3 Å². The van der Waals surface area contributed by atoms with Crippen molar-refractivity contribution in [1.29, 1.82) is 0 Å². The molecular weight excluding hydrogens is 427 g/mol. The number of rotatable bonds is 6. The molecule has 0 saturated heterocycles. The highest BCUT2D eigenvalue weighted by atomic mass is 19.1. The van der Waals surface area contributed by atoms with Crippen molar-refractivity contribution in [3.05, 3.63) is 101 Å². The maximum atomic E-state index is 13.7. The first-order chi connectivity index (χ1) is 15.8. The second kappa shape index (κ2) is 9.04. The van der Waals surface area contributed by atoms with Gasteiger partial charge in [-0.25, -0.2) is 9.18 Å². The van der Waals surface area contributed by atoms with Gasteiger partial charge in [-0.1, -0.05) is 36.4 Å². The molecule has 0 radical (unpaired) electrons. The summed E-state index contributed by atoms with van der Waals surface area (Å²) in [6.07, 6.45) is -1.18. The lowest BCUT2D eigenvalue weighted by molar-refractivity contribution is -0.123. The molecule has 8 heteroatoms. The number of hydrogen-bond donors (Lipinski definition) is 1. The van der Waals surface area contributed by atoms with E-state index in [1.807, 2.05) is 0 Å². The van der Waals surface area contributed by atoms with Gasteiger partial charge in [0.05, 0.1) is 28.9 Å². The summed E-state index contributed by atoms with van der Waals surface area (Å²) in [7, 11) is 0. The summed E-state index contributed by atoms with van der Waals surface area (Å²) in [6.45, 7) is 1.35. The van der Waals surface area contributed by atoms with Crippen LogP contribution in [0.25, 0.3) is 0 Å². The lowest BCUT2D eigenvalue weighted by Gasteiger charge is -2.16. The van der Waals surface area contributed by atoms with E-state index < -0.39 is 35.6 Å². The number of amides is 3. The molecule has 3 amide bonds. The topological polar surface area (TPSA) is 92.8 Å². The van der Waals surface area contributed by atoms with Crippen molar-refractivity contribution in [2.75, 3.05) is 5.32 Å². The summed E-state index contributed by atoms with van der Waals surface area (Å²) in [4.78, 5) is 51.1. The summed E-state index contributed by atoms with van der Waals surface area (Å²) in [5.41, 5.74) is 1.35. The van der Waals surface area contributed by atoms with Gasteiger partial charge in [-0.3, -0.25) is 19.3 Å². The zero-order valence-corrected chi connectivity index (χ0v) is 17.6. The molecule has 0 saturated carbocycles. The number of esters is 1. The van der Waals surface area contributed by atoms with Crippen LogP contribution in [0.5, 0.6) is 0 Å². The van der Waals surface area contributed by atoms with Crippen molar-refractivity contribution in [3.63, 3.8) is 0 Å². The number of anilines is 1. The Hall–Kier alpha value is -4.33. The minimum absolute atomic E-state index is 0.0171. The van der Waals surface area contributed by atoms with Crippen LogP contribution in [0.2, 0.25) is 0 Å². The number of halogens is 1. The number of fused-ring (bicyclic) bond motifs is 1. The fourth-order valence-electron chi connectivity index (χ4n) is 3.44. The van der Waals surface area contributed by atoms with E-state index in [1.54, 1.807) is 42.5 Å². The summed E-state index contributed by atoms with van der Waals surface area (Å²) >= 11 is 0. The van der Waals surface area contributed by atoms with Crippen molar-refractivity contribution in [1.82, 2.24) is 4.90 Å². The Kier molecular flexibility index (Phi) is 5.99. The first kappa shape index (κ1) is 21.9. The number of carbonyl (C=O) groups is 4. The highest BCUT2D eigenvalue weighted by Gasteiger charge is 2.35. The number of benzene rings is 3. The van der Waals surface area contributed by atoms with Crippen molar-refractivity contribution in [3.8, 4) is 0 Å². The largest absolute Gasteiger partial charge is 0.449 e. The van der Waals surface area contributed by atoms with Crippen LogP contribution in [0.3, 0.4) is 0 Å². The van der Waals surface area contributed by atoms with Gasteiger partial charge in [0.1, 0.15) is 5.82 Å². The SMILES string of the molecule is C[C@@H](OC(=O)c1cccc(CN2C(=O)c3ccccc3C2=O)c1)C(=O)Nc1ccccc1F. The Bertz CT molecular complexity index is 1240. The van der Waals surface area contributed by atoms with Crippen LogP contribution in [-0.4, -0.2) is 34.7 Å². The number of para-hydroxylation sites is 1. The number of nitrogens with one attached hydrogen (secondary N) is 1. The van der Waals surface area contributed by atoms with E-state index in [1.165, 1.54) is 37.3 Å². The third-order valence-corrected chi connectivity index (χ3v) is 5.17. The van der Waals surface area contributed by atoms with Crippen LogP contribution < -0.4 is 5.32 Å². The highest BCUT2D eigenvalue weighted by Crippen LogP contribution is 2.24. The van der Waals surface area contributed by atoms with E-state index in [2.05, 4.69) is 5.32 Å². The molecule has 4 rings (SSSR count). The summed E-state index contributed by atoms with van der Waals surface area (Å²) in [6, 6.07) is 18.5. The van der Waals surface area contributed by atoms with E-state index >= 15 is 0 Å². The molecular formula is C25H19FN2O5. The molecule has 0 fully saturated rings. The summed E-state index contributed by atoms with van der Waals surface area (Å²) < 4.78 is 18.9. The van der Waals surface area contributed by atoms with Gasteiger partial charge in [0.25, 0.3) is 17.7 Å². The van der Waals surface area contributed by atoms with Crippen LogP contribution in [0.4, 0.5) is 10.1 Å². The fourth-order valence-corrected chi connectivity index (χ4v) is 3.44. The lowest BCUT2D eigenvalue weighted by atomic mass is 10.1. The smallest absolute Gasteiger partial charge is 0.338 e. The van der Waals surface area contributed by atoms with Gasteiger partial charge in [-0.2, -0.15) is 0 Å². The third-order valence-electron chi connectivity index (χ3n) is 5.17. The van der Waals surface area contributed by atoms with Gasteiger partial charge >= 0.3 is 5.97 Å². The predicted octanol–water partition coefficient (Wildman–Crippen LogP) is 3.81. The van der Waals surface area contributed by atoms with Crippen LogP contribution in [0, 0.1) is 5.82 Å². The van der Waals surface area contributed by atoms with Gasteiger partial charge < -0.3 is 10.1 Å². The van der Waals surface area contributed by atoms with E-state index in [0.717, 1.165) is 4.90 Å². The van der Waals surface area contributed by atoms with Crippen LogP contribution in [0.1, 0.15) is 43.6 Å². The first-order valence-electron chi connectivity index (χ1n) is 10.2. The average molecular weight is 446 g/mol. The molecule has 33 heavy (non-hydrogen) atoms. The Morgan fingerprint density at radius 2 is 1.58 bits per heavy atom. The van der Waals surface area contributed by atoms with Gasteiger partial charge in [0.15, 0.2) is 6.10 Å². The molecule has 166 valence electrons. The van der Waals surface area contributed by atoms with Crippen molar-refractivity contribution in [2.24, 2.45) is 0 Å². The number of imide groups is 1. The minimum atomic E-state index is -1.18. The Morgan fingerprint density at radius 3 is 2.24 bits per heavy atom. The Balaban J connectivity index is 1.42. The van der Waals surface area contributed by atoms with Crippen molar-refractivity contribution in [2.45, 2.75) is 19.6 Å². The summed E-state index contributed by atoms with van der Waals surface area (Å²) in [5.74, 6) is -2.86. The molecule has 7 nitrogen and oxygen atoms in total. The second-order valence-corrected chi connectivity index (χ2v) is 7.46. The average Bonchev–Trinajstić information content (AvgIpc) is 3.05. The van der Waals surface area contributed by atoms with E-state index in [0.29, 0.717) is 16.7 Å². The van der Waals surface area contributed by atoms with Gasteiger partial charge in [-0.15, -0.1) is 0 Å². The minimum Gasteiger partial charge on any atom is -0.449 e. The van der Waals surface area contributed by atoms with Gasteiger partial charge in [0.2, 0.25) is 0 Å². The Labute approximate surface area is 188 Å². The van der Waals surface area contributed by atoms with E-state index in [-0.39, 0.29) is 17.8 Å². The van der Waals surface area contributed by atoms with Crippen LogP contribution in [-0.2, 0) is 16.1 Å². The molecule has 0 aliphatic carbocycles. The molecule has 1 aliphatic rings. The number of carbonyl (C=O) groups excluding carboxylic acids is 4. The molecule has 0 spiro atoms. The van der Waals surface area contributed by atoms with Gasteiger partial charge in [-0.05, 0) is 48.9 Å². The molecule has 1 heterocycles. The lowest BCUT2D eigenvalue weighted by Crippen LogP contribution is -2.30. The summed E-state index contributed by atoms with van der Waals surface area (Å²) in [5, 5.41) is 2.37. The molecule has 1 aliphatic heterocycles. The molecule has 1 N–H and O–H groups in total. The Morgan fingerprint density at radius 1 is 0.939 bits per heavy atom. The third kappa shape index (κ3) is 4.50. The molecule has 1 atom stereocenters. The number of ether oxygens (including phenoxy) is 1. The van der Waals surface area contributed by atoms with E-state index in [4.69, 9.17) is 4.74 Å². The number of hydrogen-bond acceptors (Lipinski definition) is 5. The second-order valence-electron chi connectivity index (χ2n) is 7.46. The van der Waals surface area contributed by atoms with Crippen LogP contribution >= 0.6 is 0 Å². The maximum Gasteiger partial charge on any atom is 0.338 e. The predicted molar refractivity (Wildman–Crippen MR) is 117 cm³/mol. The fraction of sp³-hybridized carbons (Fsp3) is 0.120. The zero-order valence-electron chi connectivity index (χ0n) is 17.6. The van der Waals surface area contributed by atoms with Crippen LogP contribution in [0.15, 0.2) is 72.8 Å². The normalized spacial score (nSPS) is 13.5. The molecule has 3 aromatic carbocycles. The van der Waals surface area contributed by atoms with Crippen molar-refractivity contribution >= 4 is 29.4 Å². The monoisotopic (exact) mass is 446 g/mol. The molecule has 0 bridgehead atoms. The molecule has 0 unspecified atom stereocenters. The maximum absolute atomic E-state index is 13.7.